The summed E-state index contributed by atoms with van der Waals surface area (Å²) < 4.78 is 10.0. The molecule has 0 rings (SSSR count). The van der Waals surface area contributed by atoms with Gasteiger partial charge in [-0.3, -0.25) is 4.57 Å². The van der Waals surface area contributed by atoms with E-state index in [4.69, 9.17) is 15.1 Å². The fraction of sp³-hybridized carbons (Fsp3) is 1.00. The van der Waals surface area contributed by atoms with Crippen molar-refractivity contribution in [3.8, 4) is 0 Å². The zero-order chi connectivity index (χ0) is 5.91. The van der Waals surface area contributed by atoms with Crippen molar-refractivity contribution in [3.63, 3.8) is 0 Å². The van der Waals surface area contributed by atoms with Crippen molar-refractivity contribution in [2.45, 2.75) is 0 Å². The predicted octanol–water partition coefficient (Wildman–Crippen LogP) is -2.49. The highest BCUT2D eigenvalue weighted by atomic mass is 31.2. The van der Waals surface area contributed by atoms with Crippen molar-refractivity contribution in [2.24, 2.45) is 0 Å². The molecule has 0 aliphatic carbocycles. The van der Waals surface area contributed by atoms with Crippen LogP contribution in [0.15, 0.2) is 0 Å². The first-order valence-corrected chi connectivity index (χ1v) is 3.68. The number of aliphatic hydroxyl groups is 2. The third kappa shape index (κ3) is 8.03. The molecule has 0 aromatic carbocycles. The first-order valence-electron chi connectivity index (χ1n) is 1.65. The highest BCUT2D eigenvalue weighted by Crippen LogP contribution is 2.36. The van der Waals surface area contributed by atoms with Gasteiger partial charge < -0.3 is 26.1 Å². The van der Waals surface area contributed by atoms with E-state index in [1.807, 2.05) is 0 Å². The molecule has 7 N–H and O–H groups in total. The summed E-state index contributed by atoms with van der Waals surface area (Å²) in [6.45, 7) is 0. The SMILES string of the molecule is O.O.O=P(O)(CO)CO. The summed E-state index contributed by atoms with van der Waals surface area (Å²) in [5.41, 5.74) is 0. The fourth-order valence-electron chi connectivity index (χ4n) is 0.0447. The van der Waals surface area contributed by atoms with E-state index >= 15 is 0 Å². The highest BCUT2D eigenvalue weighted by Gasteiger charge is 2.12. The second kappa shape index (κ2) is 6.15. The molecule has 0 radical (unpaired) electrons. The molecular formula is C2H11O6P. The molecule has 0 atom stereocenters. The Hall–Kier alpha value is 0.0300. The fourth-order valence-corrected chi connectivity index (χ4v) is 0.134. The van der Waals surface area contributed by atoms with Crippen LogP contribution in [0.2, 0.25) is 0 Å². The van der Waals surface area contributed by atoms with Crippen LogP contribution in [0.25, 0.3) is 0 Å². The molecule has 0 aromatic rings. The topological polar surface area (TPSA) is 141 Å². The quantitative estimate of drug-likeness (QED) is 0.386. The van der Waals surface area contributed by atoms with Crippen molar-refractivity contribution < 1.29 is 30.6 Å². The van der Waals surface area contributed by atoms with Gasteiger partial charge in [-0.15, -0.1) is 0 Å². The van der Waals surface area contributed by atoms with Crippen LogP contribution in [-0.2, 0) is 4.57 Å². The molecule has 0 fully saturated rings. The summed E-state index contributed by atoms with van der Waals surface area (Å²) in [6, 6.07) is 0. The standard InChI is InChI=1S/C2H7O4P.2H2O/c3-1-7(5,6)2-4;;/h3-4H,1-2H2,(H,5,6);2*1H2. The lowest BCUT2D eigenvalue weighted by molar-refractivity contribution is 0.293. The molecule has 9 heavy (non-hydrogen) atoms. The van der Waals surface area contributed by atoms with E-state index in [9.17, 15) is 4.57 Å². The van der Waals surface area contributed by atoms with E-state index in [0.717, 1.165) is 0 Å². The van der Waals surface area contributed by atoms with Crippen LogP contribution in [0.5, 0.6) is 0 Å². The van der Waals surface area contributed by atoms with Crippen LogP contribution in [0, 0.1) is 0 Å². The zero-order valence-electron chi connectivity index (χ0n) is 4.61. The number of aliphatic hydroxyl groups excluding tert-OH is 2. The number of hydrogen-bond donors (Lipinski definition) is 3. The third-order valence-electron chi connectivity index (χ3n) is 0.442. The molecule has 0 saturated carbocycles. The van der Waals surface area contributed by atoms with Gasteiger partial charge >= 0.3 is 0 Å². The predicted molar refractivity (Wildman–Crippen MR) is 31.2 cm³/mol. The van der Waals surface area contributed by atoms with Crippen molar-refractivity contribution in [3.05, 3.63) is 0 Å². The monoisotopic (exact) mass is 162 g/mol. The molecule has 0 bridgehead atoms. The minimum atomic E-state index is -3.54. The largest absolute Gasteiger partial charge is 0.412 e. The maximum atomic E-state index is 10.0. The van der Waals surface area contributed by atoms with Gasteiger partial charge in [0.25, 0.3) is 0 Å². The van der Waals surface area contributed by atoms with Gasteiger partial charge in [-0.25, -0.2) is 0 Å². The number of rotatable bonds is 2. The van der Waals surface area contributed by atoms with Gasteiger partial charge in [0, 0.05) is 0 Å². The van der Waals surface area contributed by atoms with Crippen LogP contribution >= 0.6 is 7.37 Å². The zero-order valence-corrected chi connectivity index (χ0v) is 5.51. The minimum Gasteiger partial charge on any atom is -0.412 e. The first kappa shape index (κ1) is 16.0. The van der Waals surface area contributed by atoms with E-state index in [2.05, 4.69) is 0 Å². The van der Waals surface area contributed by atoms with Crippen molar-refractivity contribution in [2.75, 3.05) is 12.7 Å². The second-order valence-electron chi connectivity index (χ2n) is 1.13. The average molecular weight is 162 g/mol. The lowest BCUT2D eigenvalue weighted by Crippen LogP contribution is -1.90. The third-order valence-corrected chi connectivity index (χ3v) is 1.33. The average Bonchev–Trinajstić information content (AvgIpc) is 1.68. The second-order valence-corrected chi connectivity index (χ2v) is 3.39. The molecule has 0 heterocycles. The van der Waals surface area contributed by atoms with Crippen LogP contribution in [0.4, 0.5) is 0 Å². The lowest BCUT2D eigenvalue weighted by Gasteiger charge is -1.99. The van der Waals surface area contributed by atoms with Crippen molar-refractivity contribution in [1.29, 1.82) is 0 Å². The summed E-state index contributed by atoms with van der Waals surface area (Å²) in [7, 11) is -3.54. The maximum Gasteiger partial charge on any atom is 0.249 e. The van der Waals surface area contributed by atoms with Crippen LogP contribution in [-0.4, -0.2) is 38.8 Å². The highest BCUT2D eigenvalue weighted by molar-refractivity contribution is 7.57. The van der Waals surface area contributed by atoms with Crippen molar-refractivity contribution >= 4 is 7.37 Å². The molecule has 0 unspecified atom stereocenters. The molecule has 60 valence electrons. The van der Waals surface area contributed by atoms with Gasteiger partial charge in [-0.1, -0.05) is 0 Å². The molecule has 0 spiro atoms. The lowest BCUT2D eigenvalue weighted by atomic mass is 11.7. The summed E-state index contributed by atoms with van der Waals surface area (Å²) in [4.78, 5) is 8.19. The van der Waals surface area contributed by atoms with Gasteiger partial charge in [0.1, 0.15) is 12.7 Å². The minimum absolute atomic E-state index is 0. The van der Waals surface area contributed by atoms with Crippen molar-refractivity contribution in [1.82, 2.24) is 0 Å². The molecule has 6 nitrogen and oxygen atoms in total. The van der Waals surface area contributed by atoms with E-state index in [0.29, 0.717) is 0 Å². The van der Waals surface area contributed by atoms with E-state index < -0.39 is 20.1 Å². The maximum absolute atomic E-state index is 10.0. The van der Waals surface area contributed by atoms with Gasteiger partial charge in [0.2, 0.25) is 7.37 Å². The first-order chi connectivity index (χ1) is 3.12. The molecule has 0 aromatic heterocycles. The Morgan fingerprint density at radius 3 is 1.33 bits per heavy atom. The van der Waals surface area contributed by atoms with Gasteiger partial charge in [-0.05, 0) is 0 Å². The Morgan fingerprint density at radius 2 is 1.33 bits per heavy atom. The van der Waals surface area contributed by atoms with E-state index in [-0.39, 0.29) is 11.0 Å². The molecule has 0 amide bonds. The van der Waals surface area contributed by atoms with Gasteiger partial charge in [-0.2, -0.15) is 0 Å². The summed E-state index contributed by atoms with van der Waals surface area (Å²) in [5.74, 6) is 0. The molecular weight excluding hydrogens is 151 g/mol. The van der Waals surface area contributed by atoms with Gasteiger partial charge in [0.05, 0.1) is 0 Å². The van der Waals surface area contributed by atoms with E-state index in [1.165, 1.54) is 0 Å². The smallest absolute Gasteiger partial charge is 0.249 e. The van der Waals surface area contributed by atoms with Crippen LogP contribution < -0.4 is 0 Å². The Balaban J connectivity index is -0.000000180. The van der Waals surface area contributed by atoms with Crippen LogP contribution in [0.3, 0.4) is 0 Å². The molecule has 7 heteroatoms. The Kier molecular flexibility index (Phi) is 11.0. The van der Waals surface area contributed by atoms with E-state index in [1.54, 1.807) is 0 Å². The Bertz CT molecular complexity index is 83.1. The number of hydrogen-bond acceptors (Lipinski definition) is 3. The summed E-state index contributed by atoms with van der Waals surface area (Å²) in [5, 5.41) is 15.8. The molecule has 0 saturated heterocycles. The summed E-state index contributed by atoms with van der Waals surface area (Å²) >= 11 is 0. The molecule has 0 aliphatic heterocycles. The Labute approximate surface area is 51.8 Å². The normalized spacial score (nSPS) is 9.22. The molecule has 0 aliphatic rings. The Morgan fingerprint density at radius 1 is 1.11 bits per heavy atom. The summed E-state index contributed by atoms with van der Waals surface area (Å²) in [6.07, 6.45) is -1.69. The van der Waals surface area contributed by atoms with Crippen LogP contribution in [0.1, 0.15) is 0 Å². The van der Waals surface area contributed by atoms with Gasteiger partial charge in [0.15, 0.2) is 0 Å².